The molecule has 0 rings (SSSR count). The SMILES string of the molecule is C=C(CNC(C)(C)C)C(N)=O. The van der Waals surface area contributed by atoms with E-state index in [0.29, 0.717) is 12.1 Å². The number of nitrogens with one attached hydrogen (secondary N) is 1. The lowest BCUT2D eigenvalue weighted by Crippen LogP contribution is -2.38. The Kier molecular flexibility index (Phi) is 3.26. The predicted octanol–water partition coefficient (Wildman–Crippen LogP) is 0.416. The van der Waals surface area contributed by atoms with Crippen LogP contribution in [0.3, 0.4) is 0 Å². The van der Waals surface area contributed by atoms with Crippen molar-refractivity contribution in [1.29, 1.82) is 0 Å². The number of hydrogen-bond acceptors (Lipinski definition) is 2. The molecule has 0 unspecified atom stereocenters. The van der Waals surface area contributed by atoms with Gasteiger partial charge in [0.25, 0.3) is 0 Å². The summed E-state index contributed by atoms with van der Waals surface area (Å²) in [5.74, 6) is -0.443. The molecule has 0 radical (unpaired) electrons. The van der Waals surface area contributed by atoms with Gasteiger partial charge in [0.2, 0.25) is 5.91 Å². The monoisotopic (exact) mass is 156 g/mol. The van der Waals surface area contributed by atoms with Crippen molar-refractivity contribution in [3.05, 3.63) is 12.2 Å². The molecule has 0 saturated carbocycles. The third-order valence-corrected chi connectivity index (χ3v) is 1.18. The molecule has 0 aliphatic heterocycles. The Morgan fingerprint density at radius 2 is 2.00 bits per heavy atom. The van der Waals surface area contributed by atoms with Gasteiger partial charge in [0.15, 0.2) is 0 Å². The highest BCUT2D eigenvalue weighted by Gasteiger charge is 2.10. The van der Waals surface area contributed by atoms with Crippen LogP contribution < -0.4 is 11.1 Å². The number of nitrogens with two attached hydrogens (primary N) is 1. The van der Waals surface area contributed by atoms with Crippen LogP contribution in [0.5, 0.6) is 0 Å². The van der Waals surface area contributed by atoms with Gasteiger partial charge in [-0.3, -0.25) is 4.79 Å². The van der Waals surface area contributed by atoms with E-state index >= 15 is 0 Å². The molecule has 0 aromatic carbocycles. The molecule has 0 spiro atoms. The molecule has 0 atom stereocenters. The number of rotatable bonds is 3. The van der Waals surface area contributed by atoms with Gasteiger partial charge in [-0.05, 0) is 20.8 Å². The van der Waals surface area contributed by atoms with E-state index in [2.05, 4.69) is 11.9 Å². The van der Waals surface area contributed by atoms with Crippen LogP contribution in [0, 0.1) is 0 Å². The van der Waals surface area contributed by atoms with Crippen molar-refractivity contribution in [3.63, 3.8) is 0 Å². The van der Waals surface area contributed by atoms with Gasteiger partial charge < -0.3 is 11.1 Å². The number of carbonyl (C=O) groups is 1. The van der Waals surface area contributed by atoms with Crippen molar-refractivity contribution in [2.75, 3.05) is 6.54 Å². The van der Waals surface area contributed by atoms with E-state index in [1.807, 2.05) is 20.8 Å². The zero-order valence-corrected chi connectivity index (χ0v) is 7.40. The summed E-state index contributed by atoms with van der Waals surface area (Å²) >= 11 is 0. The lowest BCUT2D eigenvalue weighted by Gasteiger charge is -2.20. The summed E-state index contributed by atoms with van der Waals surface area (Å²) in [6, 6.07) is 0. The fourth-order valence-corrected chi connectivity index (χ4v) is 0.459. The molecule has 11 heavy (non-hydrogen) atoms. The first-order chi connectivity index (χ1) is 4.83. The van der Waals surface area contributed by atoms with Gasteiger partial charge >= 0.3 is 0 Å². The predicted molar refractivity (Wildman–Crippen MR) is 46.1 cm³/mol. The maximum Gasteiger partial charge on any atom is 0.245 e. The van der Waals surface area contributed by atoms with E-state index in [-0.39, 0.29) is 5.54 Å². The summed E-state index contributed by atoms with van der Waals surface area (Å²) in [7, 11) is 0. The topological polar surface area (TPSA) is 55.1 Å². The third kappa shape index (κ3) is 5.61. The molecule has 64 valence electrons. The van der Waals surface area contributed by atoms with Gasteiger partial charge in [0, 0.05) is 17.7 Å². The Morgan fingerprint density at radius 1 is 1.55 bits per heavy atom. The van der Waals surface area contributed by atoms with Crippen LogP contribution in [0.25, 0.3) is 0 Å². The summed E-state index contributed by atoms with van der Waals surface area (Å²) in [6.45, 7) is 10.0. The van der Waals surface area contributed by atoms with E-state index in [4.69, 9.17) is 5.73 Å². The summed E-state index contributed by atoms with van der Waals surface area (Å²) in [4.78, 5) is 10.5. The van der Waals surface area contributed by atoms with E-state index < -0.39 is 5.91 Å². The molecule has 3 N–H and O–H groups in total. The first-order valence-corrected chi connectivity index (χ1v) is 3.55. The Balaban J connectivity index is 3.73. The fraction of sp³-hybridized carbons (Fsp3) is 0.625. The minimum Gasteiger partial charge on any atom is -0.366 e. The van der Waals surface area contributed by atoms with E-state index in [0.717, 1.165) is 0 Å². The van der Waals surface area contributed by atoms with Gasteiger partial charge in [-0.25, -0.2) is 0 Å². The highest BCUT2D eigenvalue weighted by atomic mass is 16.1. The van der Waals surface area contributed by atoms with Gasteiger partial charge in [-0.15, -0.1) is 0 Å². The maximum atomic E-state index is 10.5. The zero-order valence-electron chi connectivity index (χ0n) is 7.40. The zero-order chi connectivity index (χ0) is 9.07. The van der Waals surface area contributed by atoms with Crippen LogP contribution in [-0.2, 0) is 4.79 Å². The largest absolute Gasteiger partial charge is 0.366 e. The van der Waals surface area contributed by atoms with Crippen LogP contribution in [0.4, 0.5) is 0 Å². The molecule has 0 aliphatic carbocycles. The van der Waals surface area contributed by atoms with Gasteiger partial charge in [0.05, 0.1) is 0 Å². The lowest BCUT2D eigenvalue weighted by molar-refractivity contribution is -0.114. The number of hydrogen-bond donors (Lipinski definition) is 2. The van der Waals surface area contributed by atoms with E-state index in [1.165, 1.54) is 0 Å². The van der Waals surface area contributed by atoms with Crippen molar-refractivity contribution in [2.24, 2.45) is 5.73 Å². The first-order valence-electron chi connectivity index (χ1n) is 3.55. The quantitative estimate of drug-likeness (QED) is 0.582. The molecule has 0 bridgehead atoms. The van der Waals surface area contributed by atoms with Crippen molar-refractivity contribution >= 4 is 5.91 Å². The average Bonchev–Trinajstić information content (AvgIpc) is 1.80. The molecule has 0 saturated heterocycles. The number of carbonyl (C=O) groups excluding carboxylic acids is 1. The molecule has 0 aliphatic rings. The minimum atomic E-state index is -0.443. The molecule has 1 amide bonds. The smallest absolute Gasteiger partial charge is 0.245 e. The molecule has 0 fully saturated rings. The third-order valence-electron chi connectivity index (χ3n) is 1.18. The van der Waals surface area contributed by atoms with Crippen molar-refractivity contribution in [3.8, 4) is 0 Å². The van der Waals surface area contributed by atoms with Gasteiger partial charge in [-0.1, -0.05) is 6.58 Å². The van der Waals surface area contributed by atoms with Crippen molar-refractivity contribution in [2.45, 2.75) is 26.3 Å². The molecular formula is C8H16N2O. The Hall–Kier alpha value is -0.830. The Morgan fingerprint density at radius 3 is 2.27 bits per heavy atom. The second kappa shape index (κ2) is 3.53. The number of amides is 1. The summed E-state index contributed by atoms with van der Waals surface area (Å²) in [5.41, 5.74) is 5.40. The van der Waals surface area contributed by atoms with Gasteiger partial charge in [-0.2, -0.15) is 0 Å². The molecule has 0 aromatic rings. The average molecular weight is 156 g/mol. The van der Waals surface area contributed by atoms with Crippen LogP contribution in [0.1, 0.15) is 20.8 Å². The summed E-state index contributed by atoms with van der Waals surface area (Å²) in [6.07, 6.45) is 0. The minimum absolute atomic E-state index is 0.00160. The van der Waals surface area contributed by atoms with Crippen molar-refractivity contribution in [1.82, 2.24) is 5.32 Å². The second-order valence-corrected chi connectivity index (χ2v) is 3.57. The lowest BCUT2D eigenvalue weighted by atomic mass is 10.1. The van der Waals surface area contributed by atoms with E-state index in [9.17, 15) is 4.79 Å². The maximum absolute atomic E-state index is 10.5. The van der Waals surface area contributed by atoms with Crippen LogP contribution in [0.15, 0.2) is 12.2 Å². The number of primary amides is 1. The standard InChI is InChI=1S/C8H16N2O/c1-6(7(9)11)5-10-8(2,3)4/h10H,1,5H2,2-4H3,(H2,9,11). The normalized spacial score (nSPS) is 11.2. The van der Waals surface area contributed by atoms with Crippen LogP contribution >= 0.6 is 0 Å². The molecule has 3 nitrogen and oxygen atoms in total. The van der Waals surface area contributed by atoms with E-state index in [1.54, 1.807) is 0 Å². The Bertz CT molecular complexity index is 167. The highest BCUT2D eigenvalue weighted by molar-refractivity contribution is 5.91. The molecule has 0 aromatic heterocycles. The van der Waals surface area contributed by atoms with Crippen molar-refractivity contribution < 1.29 is 4.79 Å². The fourth-order valence-electron chi connectivity index (χ4n) is 0.459. The van der Waals surface area contributed by atoms with Crippen LogP contribution in [-0.4, -0.2) is 18.0 Å². The van der Waals surface area contributed by atoms with Crippen LogP contribution in [0.2, 0.25) is 0 Å². The molecule has 0 heterocycles. The summed E-state index contributed by atoms with van der Waals surface area (Å²) < 4.78 is 0. The molecule has 3 heteroatoms. The first kappa shape index (κ1) is 10.2. The molecular weight excluding hydrogens is 140 g/mol. The highest BCUT2D eigenvalue weighted by Crippen LogP contribution is 1.99. The Labute approximate surface area is 67.7 Å². The van der Waals surface area contributed by atoms with Gasteiger partial charge in [0.1, 0.15) is 0 Å². The summed E-state index contributed by atoms with van der Waals surface area (Å²) in [5, 5.41) is 3.10. The second-order valence-electron chi connectivity index (χ2n) is 3.57.